The number of H-pyrrole nitrogens is 1. The number of carbonyl (C=O) groups excluding carboxylic acids is 1. The van der Waals surface area contributed by atoms with Crippen LogP contribution in [0.2, 0.25) is 5.02 Å². The molecule has 3 aromatic heterocycles. The van der Waals surface area contributed by atoms with E-state index >= 15 is 0 Å². The summed E-state index contributed by atoms with van der Waals surface area (Å²) in [4.78, 5) is 21.2. The first-order chi connectivity index (χ1) is 17.4. The van der Waals surface area contributed by atoms with Crippen molar-refractivity contribution in [2.45, 2.75) is 18.7 Å². The lowest BCUT2D eigenvalue weighted by Crippen LogP contribution is -2.23. The monoisotopic (exact) mass is 523 g/mol. The summed E-state index contributed by atoms with van der Waals surface area (Å²) in [6, 6.07) is 13.4. The number of rotatable bonds is 7. The molecule has 3 heterocycles. The second-order valence-corrected chi connectivity index (χ2v) is 9.64. The lowest BCUT2D eigenvalue weighted by Gasteiger charge is -2.09. The molecule has 5 aromatic rings. The average Bonchev–Trinajstić information content (AvgIpc) is 3.24. The van der Waals surface area contributed by atoms with Crippen molar-refractivity contribution in [1.29, 1.82) is 0 Å². The Balaban J connectivity index is 1.36. The third kappa shape index (κ3) is 5.19. The number of benzene rings is 2. The molecule has 36 heavy (non-hydrogen) atoms. The first-order valence-corrected chi connectivity index (χ1v) is 12.6. The first-order valence-electron chi connectivity index (χ1n) is 10.9. The third-order valence-electron chi connectivity index (χ3n) is 5.67. The van der Waals surface area contributed by atoms with Crippen molar-refractivity contribution >= 4 is 50.0 Å². The predicted molar refractivity (Wildman–Crippen MR) is 135 cm³/mol. The minimum absolute atomic E-state index is 0.205. The molecule has 0 radical (unpaired) electrons. The highest BCUT2D eigenvalue weighted by atomic mass is 35.5. The minimum atomic E-state index is -2.69. The number of nitrogens with zero attached hydrogens (tertiary/aromatic N) is 3. The topological polar surface area (TPSA) is 118 Å². The molecule has 0 atom stereocenters. The van der Waals surface area contributed by atoms with E-state index in [9.17, 15) is 17.6 Å². The predicted octanol–water partition coefficient (Wildman–Crippen LogP) is 3.93. The van der Waals surface area contributed by atoms with Crippen molar-refractivity contribution in [2.75, 3.05) is 0 Å². The van der Waals surface area contributed by atoms with Gasteiger partial charge in [0.05, 0.1) is 35.2 Å². The van der Waals surface area contributed by atoms with Gasteiger partial charge in [-0.3, -0.25) is 19.9 Å². The number of hydrogen-bond donors (Lipinski definition) is 3. The van der Waals surface area contributed by atoms with Crippen LogP contribution in [0.3, 0.4) is 0 Å². The molecule has 0 unspecified atom stereocenters. The smallest absolute Gasteiger partial charge is 0.251 e. The Kier molecular flexibility index (Phi) is 6.62. The summed E-state index contributed by atoms with van der Waals surface area (Å²) in [5.74, 6) is -1.02. The maximum absolute atomic E-state index is 13.8. The molecule has 2 aromatic carbocycles. The maximum Gasteiger partial charge on any atom is 0.251 e. The summed E-state index contributed by atoms with van der Waals surface area (Å²) in [5, 5.41) is 11.9. The molecule has 8 nitrogen and oxygen atoms in total. The van der Waals surface area contributed by atoms with Crippen molar-refractivity contribution in [2.24, 2.45) is 0 Å². The summed E-state index contributed by atoms with van der Waals surface area (Å²) in [7, 11) is -2.69. The van der Waals surface area contributed by atoms with Crippen molar-refractivity contribution in [3.8, 4) is 0 Å². The minimum Gasteiger partial charge on any atom is -0.346 e. The number of fused-ring (bicyclic) bond motifs is 2. The van der Waals surface area contributed by atoms with Crippen LogP contribution < -0.4 is 5.32 Å². The molecule has 0 saturated carbocycles. The van der Waals surface area contributed by atoms with Crippen LogP contribution in [0.5, 0.6) is 0 Å². The van der Waals surface area contributed by atoms with E-state index in [-0.39, 0.29) is 18.2 Å². The lowest BCUT2D eigenvalue weighted by atomic mass is 10.0. The highest BCUT2D eigenvalue weighted by Crippen LogP contribution is 2.23. The number of aromatic amines is 1. The SMILES string of the molecule is O=C(NCc1n[nH]c2ccc(Cl)cc12)c1ccnc(Cc2cc(C[SH](=O)=O)c3ncc(F)cc3c2)c1. The molecular weight excluding hydrogens is 505 g/mol. The Bertz CT molecular complexity index is 1690. The standard InChI is InChI=1S/C25H19ClFN5O3S/c26-18-1-2-22-21(10-18)23(32-31-22)12-30-25(33)15-3-4-28-20(9-15)7-14-5-16-8-19(27)11-29-24(16)17(6-14)13-36(34)35/h1-6,8-11,36H,7,12-13H2,(H,30,33)(H,31,32). The maximum atomic E-state index is 13.8. The van der Waals surface area contributed by atoms with E-state index in [1.165, 1.54) is 12.3 Å². The number of aromatic nitrogens is 4. The van der Waals surface area contributed by atoms with Gasteiger partial charge in [-0.05, 0) is 53.6 Å². The van der Waals surface area contributed by atoms with Gasteiger partial charge >= 0.3 is 0 Å². The highest BCUT2D eigenvalue weighted by Gasteiger charge is 2.13. The molecule has 0 spiro atoms. The van der Waals surface area contributed by atoms with Crippen LogP contribution in [0.25, 0.3) is 21.8 Å². The van der Waals surface area contributed by atoms with Gasteiger partial charge in [0, 0.05) is 39.7 Å². The van der Waals surface area contributed by atoms with Gasteiger partial charge in [0.1, 0.15) is 16.5 Å². The van der Waals surface area contributed by atoms with Crippen molar-refractivity contribution < 1.29 is 17.6 Å². The summed E-state index contributed by atoms with van der Waals surface area (Å²) in [6.07, 6.45) is 2.91. The van der Waals surface area contributed by atoms with Crippen LogP contribution in [-0.4, -0.2) is 34.5 Å². The number of pyridine rings is 2. The van der Waals surface area contributed by atoms with Crippen molar-refractivity contribution in [3.63, 3.8) is 0 Å². The molecule has 0 saturated heterocycles. The van der Waals surface area contributed by atoms with E-state index in [1.807, 2.05) is 6.07 Å². The molecule has 11 heteroatoms. The van der Waals surface area contributed by atoms with Gasteiger partial charge in [-0.15, -0.1) is 0 Å². The Labute approximate surface area is 211 Å². The number of carbonyl (C=O) groups is 1. The molecule has 2 N–H and O–H groups in total. The van der Waals surface area contributed by atoms with E-state index in [2.05, 4.69) is 25.5 Å². The Hall–Kier alpha value is -3.89. The van der Waals surface area contributed by atoms with Gasteiger partial charge in [-0.25, -0.2) is 12.8 Å². The highest BCUT2D eigenvalue weighted by molar-refractivity contribution is 7.71. The number of amides is 1. The second-order valence-electron chi connectivity index (χ2n) is 8.23. The number of thiol groups is 1. The number of halogens is 2. The molecule has 0 aliphatic rings. The van der Waals surface area contributed by atoms with Crippen molar-refractivity contribution in [3.05, 3.63) is 99.8 Å². The molecule has 0 aliphatic heterocycles. The molecule has 0 aliphatic carbocycles. The Morgan fingerprint density at radius 3 is 2.78 bits per heavy atom. The largest absolute Gasteiger partial charge is 0.346 e. The van der Waals surface area contributed by atoms with E-state index in [0.29, 0.717) is 44.9 Å². The van der Waals surface area contributed by atoms with Crippen LogP contribution in [0.1, 0.15) is 32.9 Å². The molecule has 0 bridgehead atoms. The zero-order chi connectivity index (χ0) is 25.2. The van der Waals surface area contributed by atoms with Gasteiger partial charge in [0.25, 0.3) is 5.91 Å². The summed E-state index contributed by atoms with van der Waals surface area (Å²) in [6.45, 7) is 0.205. The summed E-state index contributed by atoms with van der Waals surface area (Å²) >= 11 is 6.08. The van der Waals surface area contributed by atoms with Crippen LogP contribution in [0.15, 0.2) is 60.9 Å². The Morgan fingerprint density at radius 2 is 1.94 bits per heavy atom. The van der Waals surface area contributed by atoms with E-state index in [0.717, 1.165) is 22.7 Å². The average molecular weight is 524 g/mol. The first kappa shape index (κ1) is 23.8. The van der Waals surface area contributed by atoms with Gasteiger partial charge in [0.15, 0.2) is 0 Å². The molecular formula is C25H19ClFN5O3S. The third-order valence-corrected chi connectivity index (χ3v) is 6.51. The van der Waals surface area contributed by atoms with Gasteiger partial charge in [0.2, 0.25) is 0 Å². The van der Waals surface area contributed by atoms with Crippen molar-refractivity contribution in [1.82, 2.24) is 25.5 Å². The van der Waals surface area contributed by atoms with Crippen LogP contribution in [0, 0.1) is 5.82 Å². The Morgan fingerprint density at radius 1 is 1.08 bits per heavy atom. The fourth-order valence-electron chi connectivity index (χ4n) is 4.10. The van der Waals surface area contributed by atoms with E-state index < -0.39 is 16.5 Å². The number of nitrogens with one attached hydrogen (secondary N) is 2. The van der Waals surface area contributed by atoms with Crippen LogP contribution in [-0.2, 0) is 29.4 Å². The fourth-order valence-corrected chi connectivity index (χ4v) is 4.79. The molecule has 1 amide bonds. The van der Waals surface area contributed by atoms with Crippen LogP contribution >= 0.6 is 11.6 Å². The van der Waals surface area contributed by atoms with E-state index in [1.54, 1.807) is 36.4 Å². The quantitative estimate of drug-likeness (QED) is 0.278. The van der Waals surface area contributed by atoms with Crippen LogP contribution in [0.4, 0.5) is 4.39 Å². The lowest BCUT2D eigenvalue weighted by molar-refractivity contribution is 0.0950. The number of hydrogen-bond acceptors (Lipinski definition) is 6. The van der Waals surface area contributed by atoms with Gasteiger partial charge in [-0.2, -0.15) is 5.10 Å². The zero-order valence-electron chi connectivity index (χ0n) is 18.7. The zero-order valence-corrected chi connectivity index (χ0v) is 20.3. The molecule has 182 valence electrons. The molecule has 5 rings (SSSR count). The summed E-state index contributed by atoms with van der Waals surface area (Å²) in [5.41, 5.74) is 4.14. The van der Waals surface area contributed by atoms with Gasteiger partial charge in [-0.1, -0.05) is 17.7 Å². The molecule has 0 fully saturated rings. The second kappa shape index (κ2) is 10.00. The summed E-state index contributed by atoms with van der Waals surface area (Å²) < 4.78 is 36.5. The fraction of sp³-hybridized carbons (Fsp3) is 0.120. The van der Waals surface area contributed by atoms with Gasteiger partial charge < -0.3 is 5.32 Å². The van der Waals surface area contributed by atoms with E-state index in [4.69, 9.17) is 11.6 Å². The normalized spacial score (nSPS) is 11.4.